The molecule has 0 unspecified atom stereocenters. The maximum atomic E-state index is 12.0. The molecular weight excluding hydrogens is 336 g/mol. The molecule has 3 rings (SSSR count). The number of carbonyl (C=O) groups excluding carboxylic acids is 1. The number of aromatic nitrogens is 2. The fourth-order valence-electron chi connectivity index (χ4n) is 2.72. The first-order chi connectivity index (χ1) is 11.7. The number of rotatable bonds is 9. The molecule has 1 saturated carbocycles. The van der Waals surface area contributed by atoms with Gasteiger partial charge in [0.05, 0.1) is 12.2 Å². The number of H-pyrrole nitrogens is 1. The van der Waals surface area contributed by atoms with Crippen LogP contribution in [0.3, 0.4) is 0 Å². The molecule has 1 aromatic carbocycles. The number of aryl methyl sites for hydroxylation is 1. The first-order valence-electron chi connectivity index (χ1n) is 8.77. The maximum absolute atomic E-state index is 12.0. The number of hydrogen-bond donors (Lipinski definition) is 2. The zero-order valence-corrected chi connectivity index (χ0v) is 15.5. The summed E-state index contributed by atoms with van der Waals surface area (Å²) in [6.45, 7) is 2.20. The average molecular weight is 363 g/mol. The van der Waals surface area contributed by atoms with Gasteiger partial charge in [-0.1, -0.05) is 30.3 Å². The monoisotopic (exact) mass is 362 g/mol. The standard InChI is InChI=1S/C19H26N4O.ClH/c1-23(19(24)14-20-13-15-9-10-15)11-5-8-17-12-18(22-21-17)16-6-3-2-4-7-16;/h2-4,6-7,12,15,20H,5,8-11,13-14H2,1H3,(H,21,22);1H. The Balaban J connectivity index is 0.00000225. The minimum Gasteiger partial charge on any atom is -0.345 e. The number of aromatic amines is 1. The number of carbonyl (C=O) groups is 1. The highest BCUT2D eigenvalue weighted by Crippen LogP contribution is 2.27. The molecule has 1 amide bonds. The van der Waals surface area contributed by atoms with E-state index in [4.69, 9.17) is 0 Å². The third-order valence-electron chi connectivity index (χ3n) is 4.47. The molecule has 0 spiro atoms. The van der Waals surface area contributed by atoms with Crippen molar-refractivity contribution < 1.29 is 4.79 Å². The van der Waals surface area contributed by atoms with E-state index in [-0.39, 0.29) is 18.3 Å². The Labute approximate surface area is 155 Å². The first kappa shape index (κ1) is 19.5. The van der Waals surface area contributed by atoms with Crippen LogP contribution in [0.5, 0.6) is 0 Å². The van der Waals surface area contributed by atoms with E-state index in [9.17, 15) is 4.79 Å². The van der Waals surface area contributed by atoms with Crippen LogP contribution in [0.4, 0.5) is 0 Å². The van der Waals surface area contributed by atoms with Crippen molar-refractivity contribution in [2.24, 2.45) is 5.92 Å². The predicted octanol–water partition coefficient (Wildman–Crippen LogP) is 2.89. The van der Waals surface area contributed by atoms with Crippen molar-refractivity contribution in [1.82, 2.24) is 20.4 Å². The highest BCUT2D eigenvalue weighted by molar-refractivity contribution is 5.85. The number of hydrogen-bond acceptors (Lipinski definition) is 3. The molecule has 6 heteroatoms. The third-order valence-corrected chi connectivity index (χ3v) is 4.47. The Kier molecular flexibility index (Phi) is 7.47. The van der Waals surface area contributed by atoms with Crippen LogP contribution in [0, 0.1) is 5.92 Å². The second-order valence-corrected chi connectivity index (χ2v) is 6.64. The quantitative estimate of drug-likeness (QED) is 0.721. The lowest BCUT2D eigenvalue weighted by Gasteiger charge is -2.17. The van der Waals surface area contributed by atoms with E-state index in [0.29, 0.717) is 6.54 Å². The van der Waals surface area contributed by atoms with E-state index in [1.165, 1.54) is 12.8 Å². The van der Waals surface area contributed by atoms with Crippen molar-refractivity contribution in [3.05, 3.63) is 42.1 Å². The number of nitrogens with one attached hydrogen (secondary N) is 2. The lowest BCUT2D eigenvalue weighted by Crippen LogP contribution is -2.36. The number of nitrogens with zero attached hydrogens (tertiary/aromatic N) is 2. The van der Waals surface area contributed by atoms with E-state index < -0.39 is 0 Å². The average Bonchev–Trinajstić information content (AvgIpc) is 3.31. The van der Waals surface area contributed by atoms with Gasteiger partial charge in [-0.25, -0.2) is 0 Å². The van der Waals surface area contributed by atoms with Gasteiger partial charge in [-0.05, 0) is 44.2 Å². The van der Waals surface area contributed by atoms with Gasteiger partial charge >= 0.3 is 0 Å². The summed E-state index contributed by atoms with van der Waals surface area (Å²) in [5.74, 6) is 0.979. The number of benzene rings is 1. The first-order valence-corrected chi connectivity index (χ1v) is 8.77. The summed E-state index contributed by atoms with van der Waals surface area (Å²) < 4.78 is 0. The number of amides is 1. The normalized spacial score (nSPS) is 13.3. The van der Waals surface area contributed by atoms with Crippen LogP contribution < -0.4 is 5.32 Å². The van der Waals surface area contributed by atoms with Crippen molar-refractivity contribution in [2.75, 3.05) is 26.7 Å². The Morgan fingerprint density at radius 3 is 2.80 bits per heavy atom. The Morgan fingerprint density at radius 2 is 2.08 bits per heavy atom. The highest BCUT2D eigenvalue weighted by atomic mass is 35.5. The summed E-state index contributed by atoms with van der Waals surface area (Å²) in [7, 11) is 1.88. The van der Waals surface area contributed by atoms with Gasteiger partial charge in [-0.3, -0.25) is 9.89 Å². The minimum absolute atomic E-state index is 0. The van der Waals surface area contributed by atoms with E-state index in [1.807, 2.05) is 30.1 Å². The summed E-state index contributed by atoms with van der Waals surface area (Å²) in [4.78, 5) is 13.8. The number of halogens is 1. The van der Waals surface area contributed by atoms with Crippen LogP contribution in [-0.4, -0.2) is 47.7 Å². The van der Waals surface area contributed by atoms with Gasteiger partial charge in [-0.2, -0.15) is 5.10 Å². The molecule has 0 radical (unpaired) electrons. The summed E-state index contributed by atoms with van der Waals surface area (Å²) in [6, 6.07) is 12.2. The summed E-state index contributed by atoms with van der Waals surface area (Å²) >= 11 is 0. The molecule has 2 aromatic rings. The van der Waals surface area contributed by atoms with E-state index in [2.05, 4.69) is 33.7 Å². The molecule has 0 saturated heterocycles. The van der Waals surface area contributed by atoms with Crippen molar-refractivity contribution in [3.63, 3.8) is 0 Å². The molecule has 136 valence electrons. The van der Waals surface area contributed by atoms with Crippen LogP contribution in [0.15, 0.2) is 36.4 Å². The second-order valence-electron chi connectivity index (χ2n) is 6.64. The summed E-state index contributed by atoms with van der Waals surface area (Å²) in [5.41, 5.74) is 3.20. The summed E-state index contributed by atoms with van der Waals surface area (Å²) in [6.07, 6.45) is 4.45. The molecule has 1 heterocycles. The van der Waals surface area contributed by atoms with Gasteiger partial charge in [0.25, 0.3) is 0 Å². The third kappa shape index (κ3) is 6.18. The molecule has 1 aromatic heterocycles. The van der Waals surface area contributed by atoms with Crippen LogP contribution in [0.2, 0.25) is 0 Å². The minimum atomic E-state index is 0. The molecule has 2 N–H and O–H groups in total. The SMILES string of the molecule is CN(CCCc1cc(-c2ccccc2)n[nH]1)C(=O)CNCC1CC1.Cl. The smallest absolute Gasteiger partial charge is 0.236 e. The zero-order valence-electron chi connectivity index (χ0n) is 14.7. The molecule has 1 aliphatic rings. The van der Waals surface area contributed by atoms with Crippen molar-refractivity contribution in [2.45, 2.75) is 25.7 Å². The molecule has 5 nitrogen and oxygen atoms in total. The predicted molar refractivity (Wildman–Crippen MR) is 103 cm³/mol. The van der Waals surface area contributed by atoms with Gasteiger partial charge in [0, 0.05) is 24.8 Å². The Bertz CT molecular complexity index is 654. The van der Waals surface area contributed by atoms with E-state index in [1.54, 1.807) is 0 Å². The Hall–Kier alpha value is -1.85. The van der Waals surface area contributed by atoms with Crippen LogP contribution in [-0.2, 0) is 11.2 Å². The van der Waals surface area contributed by atoms with Crippen LogP contribution in [0.25, 0.3) is 11.3 Å². The van der Waals surface area contributed by atoms with Gasteiger partial charge in [0.2, 0.25) is 5.91 Å². The topological polar surface area (TPSA) is 61.0 Å². The molecule has 25 heavy (non-hydrogen) atoms. The van der Waals surface area contributed by atoms with Gasteiger partial charge in [0.15, 0.2) is 0 Å². The molecule has 0 bridgehead atoms. The van der Waals surface area contributed by atoms with Crippen LogP contribution in [0.1, 0.15) is 25.0 Å². The second kappa shape index (κ2) is 9.59. The summed E-state index contributed by atoms with van der Waals surface area (Å²) in [5, 5.41) is 10.7. The largest absolute Gasteiger partial charge is 0.345 e. The highest BCUT2D eigenvalue weighted by Gasteiger charge is 2.20. The zero-order chi connectivity index (χ0) is 16.8. The fourth-order valence-corrected chi connectivity index (χ4v) is 2.72. The van der Waals surface area contributed by atoms with Gasteiger partial charge in [0.1, 0.15) is 0 Å². The fraction of sp³-hybridized carbons (Fsp3) is 0.474. The maximum Gasteiger partial charge on any atom is 0.236 e. The molecule has 0 atom stereocenters. The van der Waals surface area contributed by atoms with Crippen molar-refractivity contribution in [3.8, 4) is 11.3 Å². The molecular formula is C19H27ClN4O. The Morgan fingerprint density at radius 1 is 1.32 bits per heavy atom. The number of likely N-dealkylation sites (N-methyl/N-ethyl adjacent to an activating group) is 1. The van der Waals surface area contributed by atoms with E-state index >= 15 is 0 Å². The molecule has 0 aliphatic heterocycles. The lowest BCUT2D eigenvalue weighted by atomic mass is 10.1. The van der Waals surface area contributed by atoms with Crippen molar-refractivity contribution >= 4 is 18.3 Å². The van der Waals surface area contributed by atoms with Crippen molar-refractivity contribution in [1.29, 1.82) is 0 Å². The van der Waals surface area contributed by atoms with Gasteiger partial charge in [-0.15, -0.1) is 12.4 Å². The van der Waals surface area contributed by atoms with Crippen LogP contribution >= 0.6 is 12.4 Å². The van der Waals surface area contributed by atoms with Gasteiger partial charge < -0.3 is 10.2 Å². The van der Waals surface area contributed by atoms with E-state index in [0.717, 1.165) is 48.8 Å². The molecule has 1 aliphatic carbocycles. The molecule has 1 fully saturated rings. The lowest BCUT2D eigenvalue weighted by molar-refractivity contribution is -0.129.